The number of carbonyl (C=O) groups excluding carboxylic acids is 1. The number of carbonyl (C=O) groups is 1. The highest BCUT2D eigenvalue weighted by molar-refractivity contribution is 6.32. The Morgan fingerprint density at radius 2 is 2.30 bits per heavy atom. The van der Waals surface area contributed by atoms with Crippen LogP contribution >= 0.6 is 24.0 Å². The molecule has 20 heavy (non-hydrogen) atoms. The quantitative estimate of drug-likeness (QED) is 0.928. The summed E-state index contributed by atoms with van der Waals surface area (Å²) in [5.74, 6) is -0.275. The van der Waals surface area contributed by atoms with Gasteiger partial charge in [-0.15, -0.1) is 12.4 Å². The fourth-order valence-electron chi connectivity index (χ4n) is 2.06. The Balaban J connectivity index is 0.00000200. The topological polar surface area (TPSA) is 55.6 Å². The lowest BCUT2D eigenvalue weighted by molar-refractivity contribution is -0.136. The van der Waals surface area contributed by atoms with Gasteiger partial charge in [-0.2, -0.15) is 0 Å². The Morgan fingerprint density at radius 3 is 2.85 bits per heavy atom. The van der Waals surface area contributed by atoms with E-state index in [4.69, 9.17) is 22.1 Å². The van der Waals surface area contributed by atoms with E-state index < -0.39 is 11.9 Å². The number of hydrogen-bond donors (Lipinski definition) is 1. The summed E-state index contributed by atoms with van der Waals surface area (Å²) in [4.78, 5) is 13.8. The molecule has 2 rings (SSSR count). The zero-order valence-corrected chi connectivity index (χ0v) is 12.6. The van der Waals surface area contributed by atoms with Gasteiger partial charge in [-0.25, -0.2) is 4.39 Å². The van der Waals surface area contributed by atoms with E-state index in [1.54, 1.807) is 11.8 Å². The van der Waals surface area contributed by atoms with Crippen LogP contribution in [0.3, 0.4) is 0 Å². The van der Waals surface area contributed by atoms with Crippen LogP contribution in [0.2, 0.25) is 5.02 Å². The maximum atomic E-state index is 12.9. The highest BCUT2D eigenvalue weighted by atomic mass is 35.5. The summed E-state index contributed by atoms with van der Waals surface area (Å²) in [5, 5.41) is 0.151. The first-order valence-corrected chi connectivity index (χ1v) is 6.51. The summed E-state index contributed by atoms with van der Waals surface area (Å²) in [6.07, 6.45) is 0.128. The van der Waals surface area contributed by atoms with Gasteiger partial charge in [-0.1, -0.05) is 11.6 Å². The number of halogens is 3. The second-order valence-corrected chi connectivity index (χ2v) is 5.08. The number of ether oxygens (including phenoxy) is 1. The minimum absolute atomic E-state index is 0. The third-order valence-corrected chi connectivity index (χ3v) is 3.38. The van der Waals surface area contributed by atoms with E-state index in [1.165, 1.54) is 12.1 Å². The molecular weight excluding hydrogens is 306 g/mol. The highest BCUT2D eigenvalue weighted by Crippen LogP contribution is 2.26. The molecule has 2 N–H and O–H groups in total. The predicted molar refractivity (Wildman–Crippen MR) is 77.9 cm³/mol. The van der Waals surface area contributed by atoms with Crippen molar-refractivity contribution in [1.29, 1.82) is 0 Å². The number of hydrogen-bond acceptors (Lipinski definition) is 3. The van der Waals surface area contributed by atoms with Crippen LogP contribution in [0.4, 0.5) is 4.39 Å². The fraction of sp³-hybridized carbons (Fsp3) is 0.462. The van der Waals surface area contributed by atoms with Gasteiger partial charge in [-0.05, 0) is 31.5 Å². The van der Waals surface area contributed by atoms with Crippen molar-refractivity contribution in [3.8, 4) is 5.75 Å². The van der Waals surface area contributed by atoms with E-state index in [2.05, 4.69) is 0 Å². The third-order valence-electron chi connectivity index (χ3n) is 3.08. The van der Waals surface area contributed by atoms with Crippen LogP contribution in [0, 0.1) is 5.82 Å². The molecule has 2 unspecified atom stereocenters. The average Bonchev–Trinajstić information content (AvgIpc) is 2.78. The van der Waals surface area contributed by atoms with Gasteiger partial charge in [0.15, 0.2) is 6.10 Å². The minimum Gasteiger partial charge on any atom is -0.479 e. The van der Waals surface area contributed by atoms with Crippen molar-refractivity contribution >= 4 is 29.9 Å². The molecule has 112 valence electrons. The van der Waals surface area contributed by atoms with Crippen molar-refractivity contribution in [2.24, 2.45) is 5.73 Å². The largest absolute Gasteiger partial charge is 0.479 e. The normalized spacial score (nSPS) is 19.4. The zero-order valence-electron chi connectivity index (χ0n) is 11.0. The van der Waals surface area contributed by atoms with Crippen molar-refractivity contribution < 1.29 is 13.9 Å². The summed E-state index contributed by atoms with van der Waals surface area (Å²) in [7, 11) is 0. The Bertz CT molecular complexity index is 487. The van der Waals surface area contributed by atoms with E-state index in [0.29, 0.717) is 18.8 Å². The van der Waals surface area contributed by atoms with E-state index in [9.17, 15) is 9.18 Å². The molecule has 1 aliphatic rings. The van der Waals surface area contributed by atoms with Gasteiger partial charge < -0.3 is 15.4 Å². The van der Waals surface area contributed by atoms with Gasteiger partial charge >= 0.3 is 0 Å². The number of amides is 1. The van der Waals surface area contributed by atoms with Crippen LogP contribution in [0.25, 0.3) is 0 Å². The first kappa shape index (κ1) is 17.0. The summed E-state index contributed by atoms with van der Waals surface area (Å²) >= 11 is 5.85. The monoisotopic (exact) mass is 322 g/mol. The Morgan fingerprint density at radius 1 is 1.60 bits per heavy atom. The van der Waals surface area contributed by atoms with Crippen LogP contribution in [-0.2, 0) is 4.79 Å². The van der Waals surface area contributed by atoms with Crippen molar-refractivity contribution in [2.75, 3.05) is 13.1 Å². The maximum Gasteiger partial charge on any atom is 0.263 e. The molecule has 1 aliphatic heterocycles. The number of benzene rings is 1. The van der Waals surface area contributed by atoms with Crippen molar-refractivity contribution in [1.82, 2.24) is 4.90 Å². The van der Waals surface area contributed by atoms with Crippen LogP contribution in [-0.4, -0.2) is 36.0 Å². The molecule has 0 spiro atoms. The molecule has 1 aromatic carbocycles. The molecule has 0 saturated carbocycles. The molecule has 0 aromatic heterocycles. The van der Waals surface area contributed by atoms with Crippen molar-refractivity contribution in [2.45, 2.75) is 25.5 Å². The first-order chi connectivity index (χ1) is 8.97. The molecule has 4 nitrogen and oxygen atoms in total. The van der Waals surface area contributed by atoms with E-state index in [0.717, 1.165) is 12.5 Å². The number of nitrogens with two attached hydrogens (primary N) is 1. The Hall–Kier alpha value is -1.04. The van der Waals surface area contributed by atoms with Gasteiger partial charge in [0.1, 0.15) is 11.6 Å². The van der Waals surface area contributed by atoms with Crippen LogP contribution < -0.4 is 10.5 Å². The number of likely N-dealkylation sites (tertiary alicyclic amines) is 1. The minimum atomic E-state index is -0.673. The van der Waals surface area contributed by atoms with Gasteiger partial charge in [0.05, 0.1) is 5.02 Å². The third kappa shape index (κ3) is 3.98. The SMILES string of the molecule is CC(Oc1ccc(F)cc1Cl)C(=O)N1CCC(N)C1.Cl. The number of nitrogens with zero attached hydrogens (tertiary/aromatic N) is 1. The summed E-state index contributed by atoms with van der Waals surface area (Å²) in [6.45, 7) is 2.83. The van der Waals surface area contributed by atoms with E-state index in [1.807, 2.05) is 0 Å². The zero-order chi connectivity index (χ0) is 14.0. The maximum absolute atomic E-state index is 12.9. The first-order valence-electron chi connectivity index (χ1n) is 6.13. The van der Waals surface area contributed by atoms with Gasteiger partial charge in [0, 0.05) is 19.1 Å². The second-order valence-electron chi connectivity index (χ2n) is 4.67. The van der Waals surface area contributed by atoms with Crippen LogP contribution in [0.5, 0.6) is 5.75 Å². The van der Waals surface area contributed by atoms with Crippen molar-refractivity contribution in [3.05, 3.63) is 29.0 Å². The predicted octanol–water partition coefficient (Wildman–Crippen LogP) is 2.23. The molecule has 1 saturated heterocycles. The fourth-order valence-corrected chi connectivity index (χ4v) is 2.27. The standard InChI is InChI=1S/C13H16ClFN2O2.ClH/c1-8(13(18)17-5-4-10(16)7-17)19-12-3-2-9(15)6-11(12)14;/h2-3,6,8,10H,4-5,7,16H2,1H3;1H. The molecule has 1 fully saturated rings. The second kappa shape index (κ2) is 7.11. The lowest BCUT2D eigenvalue weighted by atomic mass is 10.3. The average molecular weight is 323 g/mol. The molecule has 0 bridgehead atoms. The highest BCUT2D eigenvalue weighted by Gasteiger charge is 2.28. The van der Waals surface area contributed by atoms with Crippen LogP contribution in [0.15, 0.2) is 18.2 Å². The molecule has 1 heterocycles. The molecule has 1 aromatic rings. The summed E-state index contributed by atoms with van der Waals surface area (Å²) in [6, 6.07) is 3.84. The van der Waals surface area contributed by atoms with Gasteiger partial charge in [0.2, 0.25) is 0 Å². The van der Waals surface area contributed by atoms with Gasteiger partial charge in [-0.3, -0.25) is 4.79 Å². The summed E-state index contributed by atoms with van der Waals surface area (Å²) in [5.41, 5.74) is 5.76. The molecule has 2 atom stereocenters. The van der Waals surface area contributed by atoms with E-state index >= 15 is 0 Å². The molecule has 7 heteroatoms. The molecule has 1 amide bonds. The molecule has 0 radical (unpaired) electrons. The Labute approximate surface area is 128 Å². The lowest BCUT2D eigenvalue weighted by Gasteiger charge is -2.21. The lowest BCUT2D eigenvalue weighted by Crippen LogP contribution is -2.40. The Kier molecular flexibility index (Phi) is 6.05. The van der Waals surface area contributed by atoms with Crippen LogP contribution in [0.1, 0.15) is 13.3 Å². The molecular formula is C13H17Cl2FN2O2. The van der Waals surface area contributed by atoms with E-state index in [-0.39, 0.29) is 29.4 Å². The molecule has 0 aliphatic carbocycles. The summed E-state index contributed by atoms with van der Waals surface area (Å²) < 4.78 is 18.4. The smallest absolute Gasteiger partial charge is 0.263 e. The number of rotatable bonds is 3. The van der Waals surface area contributed by atoms with Crippen molar-refractivity contribution in [3.63, 3.8) is 0 Å². The van der Waals surface area contributed by atoms with Gasteiger partial charge in [0.25, 0.3) is 5.91 Å².